The van der Waals surface area contributed by atoms with Crippen LogP contribution in [-0.2, 0) is 16.1 Å². The van der Waals surface area contributed by atoms with Crippen molar-refractivity contribution in [2.75, 3.05) is 13.7 Å². The summed E-state index contributed by atoms with van der Waals surface area (Å²) in [5.74, 6) is 0.185. The fourth-order valence-electron chi connectivity index (χ4n) is 2.98. The number of hydrogen-bond acceptors (Lipinski definition) is 3. The van der Waals surface area contributed by atoms with Crippen LogP contribution in [0.3, 0.4) is 0 Å². The maximum Gasteiger partial charge on any atom is 0.261 e. The van der Waals surface area contributed by atoms with Gasteiger partial charge in [0.1, 0.15) is 11.8 Å². The molecule has 6 heteroatoms. The summed E-state index contributed by atoms with van der Waals surface area (Å²) in [6, 6.07) is 11.0. The van der Waals surface area contributed by atoms with Crippen molar-refractivity contribution in [1.29, 1.82) is 0 Å². The first-order valence-corrected chi connectivity index (χ1v) is 9.99. The Morgan fingerprint density at radius 1 is 1.11 bits per heavy atom. The number of nitrogens with zero attached hydrogens (tertiary/aromatic N) is 1. The van der Waals surface area contributed by atoms with E-state index in [1.165, 1.54) is 0 Å². The van der Waals surface area contributed by atoms with E-state index < -0.39 is 6.04 Å². The van der Waals surface area contributed by atoms with Crippen LogP contribution < -0.4 is 10.1 Å². The lowest BCUT2D eigenvalue weighted by atomic mass is 10.1. The van der Waals surface area contributed by atoms with Gasteiger partial charge in [-0.2, -0.15) is 0 Å². The Labute approximate surface area is 175 Å². The summed E-state index contributed by atoms with van der Waals surface area (Å²) in [6.45, 7) is 7.89. The van der Waals surface area contributed by atoms with Crippen molar-refractivity contribution in [1.82, 2.24) is 10.2 Å². The highest BCUT2D eigenvalue weighted by molar-refractivity contribution is 9.10. The number of benzene rings is 2. The summed E-state index contributed by atoms with van der Waals surface area (Å²) >= 11 is 3.53. The van der Waals surface area contributed by atoms with E-state index in [1.807, 2.05) is 57.2 Å². The molecule has 2 aromatic carbocycles. The Bertz CT molecular complexity index is 844. The quantitative estimate of drug-likeness (QED) is 0.700. The van der Waals surface area contributed by atoms with E-state index in [4.69, 9.17) is 4.74 Å². The molecule has 1 N–H and O–H groups in total. The second kappa shape index (κ2) is 9.73. The summed E-state index contributed by atoms with van der Waals surface area (Å²) in [5.41, 5.74) is 4.15. The SMILES string of the molecule is CNC(=O)[C@H](C)N(Cc1ccccc1C)C(=O)COc1cc(C)c(Br)c(C)c1. The molecule has 0 heterocycles. The Balaban J connectivity index is 2.19. The minimum absolute atomic E-state index is 0.131. The molecule has 0 aliphatic carbocycles. The van der Waals surface area contributed by atoms with Gasteiger partial charge in [-0.1, -0.05) is 40.2 Å². The van der Waals surface area contributed by atoms with Gasteiger partial charge in [0.2, 0.25) is 5.91 Å². The Morgan fingerprint density at radius 3 is 2.29 bits per heavy atom. The average Bonchev–Trinajstić information content (AvgIpc) is 2.68. The van der Waals surface area contributed by atoms with Crippen LogP contribution in [0.15, 0.2) is 40.9 Å². The molecule has 0 saturated carbocycles. The number of nitrogens with one attached hydrogen (secondary N) is 1. The summed E-state index contributed by atoms with van der Waals surface area (Å²) in [4.78, 5) is 26.7. The van der Waals surface area contributed by atoms with E-state index in [9.17, 15) is 9.59 Å². The van der Waals surface area contributed by atoms with Gasteiger partial charge in [-0.05, 0) is 62.1 Å². The van der Waals surface area contributed by atoms with Gasteiger partial charge in [0.25, 0.3) is 5.91 Å². The van der Waals surface area contributed by atoms with Gasteiger partial charge >= 0.3 is 0 Å². The van der Waals surface area contributed by atoms with Gasteiger partial charge in [-0.3, -0.25) is 9.59 Å². The molecule has 0 aromatic heterocycles. The fraction of sp³-hybridized carbons (Fsp3) is 0.364. The van der Waals surface area contributed by atoms with Crippen LogP contribution in [0.1, 0.15) is 29.2 Å². The van der Waals surface area contributed by atoms with Crippen LogP contribution in [0, 0.1) is 20.8 Å². The van der Waals surface area contributed by atoms with Crippen LogP contribution in [0.5, 0.6) is 5.75 Å². The van der Waals surface area contributed by atoms with E-state index in [1.54, 1.807) is 18.9 Å². The van der Waals surface area contributed by atoms with Crippen LogP contribution >= 0.6 is 15.9 Å². The van der Waals surface area contributed by atoms with Crippen molar-refractivity contribution >= 4 is 27.7 Å². The first-order valence-electron chi connectivity index (χ1n) is 9.19. The highest BCUT2D eigenvalue weighted by Crippen LogP contribution is 2.26. The number of ether oxygens (including phenoxy) is 1. The molecule has 0 aliphatic heterocycles. The first-order chi connectivity index (χ1) is 13.2. The van der Waals surface area contributed by atoms with E-state index in [2.05, 4.69) is 21.2 Å². The normalized spacial score (nSPS) is 11.6. The molecule has 0 spiro atoms. The average molecular weight is 447 g/mol. The van der Waals surface area contributed by atoms with Gasteiger partial charge in [0.15, 0.2) is 6.61 Å². The predicted octanol–water partition coefficient (Wildman–Crippen LogP) is 3.92. The van der Waals surface area contributed by atoms with Gasteiger partial charge in [0.05, 0.1) is 0 Å². The molecule has 2 aromatic rings. The lowest BCUT2D eigenvalue weighted by Gasteiger charge is -2.29. The lowest BCUT2D eigenvalue weighted by molar-refractivity contribution is -0.142. The van der Waals surface area contributed by atoms with Crippen LogP contribution in [0.4, 0.5) is 0 Å². The van der Waals surface area contributed by atoms with Crippen molar-refractivity contribution < 1.29 is 14.3 Å². The third-order valence-electron chi connectivity index (χ3n) is 4.79. The summed E-state index contributed by atoms with van der Waals surface area (Å²) < 4.78 is 6.78. The molecule has 150 valence electrons. The van der Waals surface area contributed by atoms with Gasteiger partial charge in [-0.15, -0.1) is 0 Å². The molecule has 1 atom stereocenters. The zero-order valence-electron chi connectivity index (χ0n) is 17.0. The molecule has 5 nitrogen and oxygen atoms in total. The molecule has 0 bridgehead atoms. The molecule has 0 aliphatic rings. The monoisotopic (exact) mass is 446 g/mol. The summed E-state index contributed by atoms with van der Waals surface area (Å²) in [6.07, 6.45) is 0. The minimum Gasteiger partial charge on any atom is -0.484 e. The molecule has 28 heavy (non-hydrogen) atoms. The second-order valence-corrected chi connectivity index (χ2v) is 7.69. The molecule has 0 radical (unpaired) electrons. The van der Waals surface area contributed by atoms with Crippen LogP contribution in [0.2, 0.25) is 0 Å². The van der Waals surface area contributed by atoms with E-state index >= 15 is 0 Å². The smallest absolute Gasteiger partial charge is 0.261 e. The van der Waals surface area contributed by atoms with Crippen LogP contribution in [-0.4, -0.2) is 36.4 Å². The van der Waals surface area contributed by atoms with Crippen molar-refractivity contribution in [2.45, 2.75) is 40.3 Å². The van der Waals surface area contributed by atoms with Crippen molar-refractivity contribution in [2.24, 2.45) is 0 Å². The number of aryl methyl sites for hydroxylation is 3. The van der Waals surface area contributed by atoms with Crippen molar-refractivity contribution in [3.63, 3.8) is 0 Å². The molecular formula is C22H27BrN2O3. The molecule has 0 fully saturated rings. The summed E-state index contributed by atoms with van der Waals surface area (Å²) in [7, 11) is 1.57. The number of carbonyl (C=O) groups is 2. The third kappa shape index (κ3) is 5.35. The van der Waals surface area contributed by atoms with Crippen LogP contribution in [0.25, 0.3) is 0 Å². The van der Waals surface area contributed by atoms with E-state index in [-0.39, 0.29) is 18.4 Å². The molecule has 0 unspecified atom stereocenters. The minimum atomic E-state index is -0.603. The number of amides is 2. The topological polar surface area (TPSA) is 58.6 Å². The molecular weight excluding hydrogens is 420 g/mol. The number of hydrogen-bond donors (Lipinski definition) is 1. The Morgan fingerprint density at radius 2 is 1.71 bits per heavy atom. The number of rotatable bonds is 7. The van der Waals surface area contributed by atoms with E-state index in [0.717, 1.165) is 26.7 Å². The summed E-state index contributed by atoms with van der Waals surface area (Å²) in [5, 5.41) is 2.62. The maximum atomic E-state index is 12.9. The zero-order valence-corrected chi connectivity index (χ0v) is 18.6. The molecule has 0 saturated heterocycles. The standard InChI is InChI=1S/C22H27BrN2O3/c1-14-8-6-7-9-18(14)12-25(17(4)22(27)24-5)20(26)13-28-19-10-15(2)21(23)16(3)11-19/h6-11,17H,12-13H2,1-5H3,(H,24,27)/t17-/m0/s1. The van der Waals surface area contributed by atoms with Gasteiger partial charge in [0, 0.05) is 18.1 Å². The fourth-order valence-corrected chi connectivity index (χ4v) is 3.21. The third-order valence-corrected chi connectivity index (χ3v) is 6.04. The zero-order chi connectivity index (χ0) is 20.8. The predicted molar refractivity (Wildman–Crippen MR) is 114 cm³/mol. The van der Waals surface area contributed by atoms with Gasteiger partial charge in [-0.25, -0.2) is 0 Å². The molecule has 2 rings (SSSR count). The lowest BCUT2D eigenvalue weighted by Crippen LogP contribution is -2.48. The van der Waals surface area contributed by atoms with Crippen molar-refractivity contribution in [3.05, 3.63) is 63.1 Å². The number of likely N-dealkylation sites (N-methyl/N-ethyl adjacent to an activating group) is 1. The number of halogens is 1. The Hall–Kier alpha value is -2.34. The second-order valence-electron chi connectivity index (χ2n) is 6.90. The van der Waals surface area contributed by atoms with E-state index in [0.29, 0.717) is 12.3 Å². The molecule has 2 amide bonds. The first kappa shape index (κ1) is 22.0. The van der Waals surface area contributed by atoms with Crippen molar-refractivity contribution in [3.8, 4) is 5.75 Å². The highest BCUT2D eigenvalue weighted by atomic mass is 79.9. The number of carbonyl (C=O) groups excluding carboxylic acids is 2. The largest absolute Gasteiger partial charge is 0.484 e. The van der Waals surface area contributed by atoms with Gasteiger partial charge < -0.3 is 15.0 Å². The highest BCUT2D eigenvalue weighted by Gasteiger charge is 2.26. The maximum absolute atomic E-state index is 12.9. The Kier molecular flexibility index (Phi) is 7.63.